The minimum atomic E-state index is -2.52. The molecule has 9 unspecified atom stereocenters. The average Bonchev–Trinajstić information content (AvgIpc) is 3.46. The van der Waals surface area contributed by atoms with Gasteiger partial charge in [-0.2, -0.15) is 0 Å². The SMILES string of the molecule is CC=C(CO)C(=O)OC1C(O)C(C(=O)OC)OC2CC3OC(n4cnc5c(N)ncnc54)C(O)C3OC21O. The van der Waals surface area contributed by atoms with Gasteiger partial charge in [0.05, 0.1) is 31.7 Å². The van der Waals surface area contributed by atoms with Gasteiger partial charge in [0.2, 0.25) is 5.79 Å². The van der Waals surface area contributed by atoms with Crippen LogP contribution in [0, 0.1) is 0 Å². The quantitative estimate of drug-likeness (QED) is 0.193. The number of esters is 2. The van der Waals surface area contributed by atoms with Gasteiger partial charge in [-0.1, -0.05) is 6.08 Å². The lowest BCUT2D eigenvalue weighted by Crippen LogP contribution is -2.73. The third-order valence-corrected chi connectivity index (χ3v) is 6.99. The first-order valence-corrected chi connectivity index (χ1v) is 11.7. The lowest BCUT2D eigenvalue weighted by molar-refractivity contribution is -0.396. The van der Waals surface area contributed by atoms with E-state index in [1.54, 1.807) is 0 Å². The van der Waals surface area contributed by atoms with E-state index in [9.17, 15) is 30.0 Å². The lowest BCUT2D eigenvalue weighted by atomic mass is 9.84. The number of imidazole rings is 1. The van der Waals surface area contributed by atoms with Gasteiger partial charge in [0.1, 0.15) is 36.3 Å². The van der Waals surface area contributed by atoms with Crippen LogP contribution in [0.15, 0.2) is 24.3 Å². The van der Waals surface area contributed by atoms with E-state index in [2.05, 4.69) is 15.0 Å². The summed E-state index contributed by atoms with van der Waals surface area (Å²) in [6, 6.07) is 0. The highest BCUT2D eigenvalue weighted by molar-refractivity contribution is 5.89. The number of nitrogens with zero attached hydrogens (tertiary/aromatic N) is 4. The van der Waals surface area contributed by atoms with E-state index in [4.69, 9.17) is 29.4 Å². The number of carbonyl (C=O) groups is 2. The number of methoxy groups -OCH3 is 1. The zero-order valence-electron chi connectivity index (χ0n) is 20.3. The van der Waals surface area contributed by atoms with Gasteiger partial charge in [0, 0.05) is 6.42 Å². The Morgan fingerprint density at radius 1 is 1.26 bits per heavy atom. The molecule has 3 fully saturated rings. The molecule has 38 heavy (non-hydrogen) atoms. The van der Waals surface area contributed by atoms with Gasteiger partial charge in [-0.25, -0.2) is 24.5 Å². The highest BCUT2D eigenvalue weighted by atomic mass is 16.7. The van der Waals surface area contributed by atoms with E-state index in [-0.39, 0.29) is 29.0 Å². The first kappa shape index (κ1) is 26.4. The van der Waals surface area contributed by atoms with Crippen molar-refractivity contribution in [2.45, 2.75) is 68.1 Å². The summed E-state index contributed by atoms with van der Waals surface area (Å²) in [6.45, 7) is 0.804. The van der Waals surface area contributed by atoms with Crippen molar-refractivity contribution in [2.75, 3.05) is 19.5 Å². The first-order chi connectivity index (χ1) is 18.1. The Labute approximate surface area is 214 Å². The molecular weight excluding hydrogens is 510 g/mol. The van der Waals surface area contributed by atoms with Crippen LogP contribution >= 0.6 is 0 Å². The second-order valence-corrected chi connectivity index (χ2v) is 9.07. The molecule has 0 spiro atoms. The van der Waals surface area contributed by atoms with Crippen LogP contribution in [-0.4, -0.2) is 114 Å². The predicted molar refractivity (Wildman–Crippen MR) is 121 cm³/mol. The Morgan fingerprint density at radius 2 is 2.03 bits per heavy atom. The average molecular weight is 537 g/mol. The molecule has 9 atom stereocenters. The van der Waals surface area contributed by atoms with Crippen molar-refractivity contribution in [1.82, 2.24) is 19.5 Å². The molecule has 0 aromatic carbocycles. The second-order valence-electron chi connectivity index (χ2n) is 9.07. The van der Waals surface area contributed by atoms with Crippen LogP contribution in [0.5, 0.6) is 0 Å². The van der Waals surface area contributed by atoms with Crippen LogP contribution in [-0.2, 0) is 33.3 Å². The zero-order chi connectivity index (χ0) is 27.4. The van der Waals surface area contributed by atoms with Crippen LogP contribution in [0.2, 0.25) is 0 Å². The van der Waals surface area contributed by atoms with E-state index in [0.29, 0.717) is 0 Å². The number of ether oxygens (including phenoxy) is 5. The van der Waals surface area contributed by atoms with Gasteiger partial charge >= 0.3 is 11.9 Å². The van der Waals surface area contributed by atoms with Crippen molar-refractivity contribution in [3.63, 3.8) is 0 Å². The first-order valence-electron chi connectivity index (χ1n) is 11.7. The minimum absolute atomic E-state index is 0.125. The molecule has 2 aromatic heterocycles. The summed E-state index contributed by atoms with van der Waals surface area (Å²) in [6.07, 6.45) is -7.60. The molecule has 0 aliphatic carbocycles. The number of anilines is 1. The number of rotatable bonds is 5. The molecular formula is C22H27N5O11. The molecule has 3 saturated heterocycles. The third-order valence-electron chi connectivity index (χ3n) is 6.99. The summed E-state index contributed by atoms with van der Waals surface area (Å²) >= 11 is 0. The summed E-state index contributed by atoms with van der Waals surface area (Å²) in [5, 5.41) is 43.1. The topological polar surface area (TPSA) is 231 Å². The van der Waals surface area contributed by atoms with Crippen molar-refractivity contribution in [2.24, 2.45) is 0 Å². The number of aliphatic hydroxyl groups excluding tert-OH is 3. The molecule has 206 valence electrons. The maximum Gasteiger partial charge on any atom is 0.337 e. The highest BCUT2D eigenvalue weighted by Gasteiger charge is 2.67. The molecule has 0 radical (unpaired) electrons. The number of aliphatic hydroxyl groups is 4. The Balaban J connectivity index is 1.47. The largest absolute Gasteiger partial charge is 0.467 e. The molecule has 16 heteroatoms. The van der Waals surface area contributed by atoms with Crippen LogP contribution in [0.1, 0.15) is 19.6 Å². The third kappa shape index (κ3) is 4.01. The molecule has 16 nitrogen and oxygen atoms in total. The standard InChI is InChI=1S/C22H27N5O11/c1-3-8(5-28)20(31)37-16-12(29)15(21(32)34-2)36-10-4-9-14(38-22(10,16)33)13(30)19(35-9)27-7-26-11-17(23)24-6-25-18(11)27/h3,6-7,9-10,12-16,19,28-30,33H,4-5H2,1-2H3,(H2,23,24,25). The fourth-order valence-electron chi connectivity index (χ4n) is 5.01. The van der Waals surface area contributed by atoms with E-state index in [0.717, 1.165) is 7.11 Å². The number of hydrogen-bond acceptors (Lipinski definition) is 15. The number of hydrogen-bond donors (Lipinski definition) is 5. The maximum absolute atomic E-state index is 12.6. The Kier molecular flexibility index (Phi) is 6.80. The number of aromatic nitrogens is 4. The Hall–Kier alpha value is -3.25. The predicted octanol–water partition coefficient (Wildman–Crippen LogP) is -2.70. The number of allylic oxidation sites excluding steroid dienone is 1. The molecule has 5 heterocycles. The minimum Gasteiger partial charge on any atom is -0.467 e. The molecule has 3 aliphatic heterocycles. The smallest absolute Gasteiger partial charge is 0.337 e. The van der Waals surface area contributed by atoms with Crippen LogP contribution in [0.4, 0.5) is 5.82 Å². The van der Waals surface area contributed by atoms with Gasteiger partial charge in [0.15, 0.2) is 29.9 Å². The summed E-state index contributed by atoms with van der Waals surface area (Å²) in [5.74, 6) is -4.44. The monoisotopic (exact) mass is 537 g/mol. The molecule has 3 aliphatic rings. The van der Waals surface area contributed by atoms with Gasteiger partial charge in [0.25, 0.3) is 0 Å². The van der Waals surface area contributed by atoms with Crippen LogP contribution < -0.4 is 5.73 Å². The molecule has 2 aromatic rings. The van der Waals surface area contributed by atoms with E-state index >= 15 is 0 Å². The van der Waals surface area contributed by atoms with Crippen LogP contribution in [0.25, 0.3) is 11.2 Å². The van der Waals surface area contributed by atoms with Gasteiger partial charge in [-0.15, -0.1) is 0 Å². The molecule has 0 saturated carbocycles. The number of fused-ring (bicyclic) bond motifs is 3. The molecule has 0 amide bonds. The van der Waals surface area contributed by atoms with E-state index in [1.807, 2.05) is 0 Å². The molecule has 0 bridgehead atoms. The van der Waals surface area contributed by atoms with Gasteiger partial charge in [-0.3, -0.25) is 4.57 Å². The number of nitrogen functional groups attached to an aromatic ring is 1. The Bertz CT molecular complexity index is 1270. The van der Waals surface area contributed by atoms with Crippen molar-refractivity contribution in [3.05, 3.63) is 24.3 Å². The summed E-state index contributed by atoms with van der Waals surface area (Å²) in [5.41, 5.74) is 6.25. The summed E-state index contributed by atoms with van der Waals surface area (Å²) in [7, 11) is 1.07. The fraction of sp³-hybridized carbons (Fsp3) is 0.591. The van der Waals surface area contributed by atoms with E-state index < -0.39 is 73.3 Å². The maximum atomic E-state index is 12.6. The Morgan fingerprint density at radius 3 is 2.71 bits per heavy atom. The van der Waals surface area contributed by atoms with Crippen molar-refractivity contribution < 1.29 is 53.7 Å². The zero-order valence-corrected chi connectivity index (χ0v) is 20.3. The van der Waals surface area contributed by atoms with Crippen molar-refractivity contribution in [1.29, 1.82) is 0 Å². The second kappa shape index (κ2) is 9.81. The number of carbonyl (C=O) groups excluding carboxylic acids is 2. The summed E-state index contributed by atoms with van der Waals surface area (Å²) < 4.78 is 29.0. The summed E-state index contributed by atoms with van der Waals surface area (Å²) in [4.78, 5) is 37.2. The molecule has 6 N–H and O–H groups in total. The highest BCUT2D eigenvalue weighted by Crippen LogP contribution is 2.47. The van der Waals surface area contributed by atoms with Gasteiger partial charge < -0.3 is 49.8 Å². The fourth-order valence-corrected chi connectivity index (χ4v) is 5.01. The van der Waals surface area contributed by atoms with Gasteiger partial charge in [-0.05, 0) is 6.92 Å². The van der Waals surface area contributed by atoms with Crippen molar-refractivity contribution in [3.8, 4) is 0 Å². The lowest BCUT2D eigenvalue weighted by Gasteiger charge is -2.52. The number of nitrogens with two attached hydrogens (primary N) is 1. The normalized spacial score (nSPS) is 36.9. The van der Waals surface area contributed by atoms with E-state index in [1.165, 1.54) is 30.2 Å². The molecule has 5 rings (SSSR count). The van der Waals surface area contributed by atoms with Crippen LogP contribution in [0.3, 0.4) is 0 Å². The van der Waals surface area contributed by atoms with Crippen molar-refractivity contribution >= 4 is 28.9 Å².